The zero-order valence-corrected chi connectivity index (χ0v) is 13.4. The highest BCUT2D eigenvalue weighted by Gasteiger charge is 2.06. The Balaban J connectivity index is 1.89. The number of para-hydroxylation sites is 2. The van der Waals surface area contributed by atoms with Crippen molar-refractivity contribution in [1.29, 1.82) is 0 Å². The Kier molecular flexibility index (Phi) is 5.30. The average Bonchev–Trinajstić information content (AvgIpc) is 2.49. The third kappa shape index (κ3) is 3.90. The lowest BCUT2D eigenvalue weighted by Gasteiger charge is -2.22. The molecule has 0 atom stereocenters. The van der Waals surface area contributed by atoms with Crippen LogP contribution in [0.4, 0.5) is 11.4 Å². The van der Waals surface area contributed by atoms with Crippen LogP contribution in [-0.4, -0.2) is 27.2 Å². The molecular formula is C16H19BrN2O. The van der Waals surface area contributed by atoms with Crippen LogP contribution >= 0.6 is 15.9 Å². The number of rotatable bonds is 6. The second-order valence-electron chi connectivity index (χ2n) is 4.53. The molecule has 4 heteroatoms. The summed E-state index contributed by atoms with van der Waals surface area (Å²) in [5.41, 5.74) is 2.23. The molecule has 0 aromatic heterocycles. The van der Waals surface area contributed by atoms with Crippen molar-refractivity contribution in [3.63, 3.8) is 0 Å². The van der Waals surface area contributed by atoms with Crippen molar-refractivity contribution >= 4 is 27.3 Å². The molecule has 20 heavy (non-hydrogen) atoms. The van der Waals surface area contributed by atoms with E-state index >= 15 is 0 Å². The lowest BCUT2D eigenvalue weighted by molar-refractivity contribution is 0.415. The number of methoxy groups -OCH3 is 1. The summed E-state index contributed by atoms with van der Waals surface area (Å²) in [6.07, 6.45) is 0. The maximum absolute atomic E-state index is 5.38. The maximum atomic E-state index is 5.38. The van der Waals surface area contributed by atoms with Crippen LogP contribution in [0.15, 0.2) is 53.0 Å². The molecule has 0 amide bonds. The Morgan fingerprint density at radius 3 is 2.50 bits per heavy atom. The lowest BCUT2D eigenvalue weighted by Crippen LogP contribution is -2.25. The minimum Gasteiger partial charge on any atom is -0.495 e. The summed E-state index contributed by atoms with van der Waals surface area (Å²) in [5.74, 6) is 0.902. The van der Waals surface area contributed by atoms with Crippen molar-refractivity contribution in [2.75, 3.05) is 37.5 Å². The largest absolute Gasteiger partial charge is 0.495 e. The summed E-state index contributed by atoms with van der Waals surface area (Å²) >= 11 is 3.43. The molecule has 2 aromatic carbocycles. The van der Waals surface area contributed by atoms with Gasteiger partial charge < -0.3 is 15.0 Å². The molecule has 106 valence electrons. The molecule has 0 aliphatic heterocycles. The van der Waals surface area contributed by atoms with Crippen molar-refractivity contribution in [3.05, 3.63) is 53.0 Å². The van der Waals surface area contributed by atoms with Crippen LogP contribution in [-0.2, 0) is 0 Å². The number of likely N-dealkylation sites (N-methyl/N-ethyl adjacent to an activating group) is 1. The molecule has 0 saturated carbocycles. The second-order valence-corrected chi connectivity index (χ2v) is 5.44. The molecule has 3 nitrogen and oxygen atoms in total. The highest BCUT2D eigenvalue weighted by Crippen LogP contribution is 2.26. The quantitative estimate of drug-likeness (QED) is 0.863. The van der Waals surface area contributed by atoms with E-state index in [0.29, 0.717) is 0 Å². The fourth-order valence-corrected chi connectivity index (χ4v) is 2.27. The lowest BCUT2D eigenvalue weighted by atomic mass is 10.2. The van der Waals surface area contributed by atoms with Gasteiger partial charge in [0.05, 0.1) is 12.8 Å². The Morgan fingerprint density at radius 1 is 1.10 bits per heavy atom. The second kappa shape index (κ2) is 7.20. The van der Waals surface area contributed by atoms with Gasteiger partial charge in [-0.1, -0.05) is 28.1 Å². The minimum atomic E-state index is 0.871. The van der Waals surface area contributed by atoms with E-state index < -0.39 is 0 Å². The van der Waals surface area contributed by atoms with E-state index in [1.54, 1.807) is 7.11 Å². The van der Waals surface area contributed by atoms with Crippen LogP contribution < -0.4 is 15.0 Å². The molecule has 2 aromatic rings. The van der Waals surface area contributed by atoms with Gasteiger partial charge in [0.25, 0.3) is 0 Å². The molecule has 0 aliphatic carbocycles. The van der Waals surface area contributed by atoms with E-state index in [-0.39, 0.29) is 0 Å². The number of halogens is 1. The first-order chi connectivity index (χ1) is 9.70. The van der Waals surface area contributed by atoms with Crippen molar-refractivity contribution in [3.8, 4) is 5.75 Å². The summed E-state index contributed by atoms with van der Waals surface area (Å²) in [7, 11) is 3.77. The van der Waals surface area contributed by atoms with Gasteiger partial charge in [-0.15, -0.1) is 0 Å². The predicted octanol–water partition coefficient (Wildman–Crippen LogP) is 4.01. The van der Waals surface area contributed by atoms with Gasteiger partial charge in [-0.25, -0.2) is 0 Å². The molecule has 0 spiro atoms. The van der Waals surface area contributed by atoms with E-state index in [4.69, 9.17) is 4.74 Å². The number of anilines is 2. The number of ether oxygens (including phenoxy) is 1. The average molecular weight is 335 g/mol. The monoisotopic (exact) mass is 334 g/mol. The Morgan fingerprint density at radius 2 is 1.80 bits per heavy atom. The molecule has 0 heterocycles. The standard InChI is InChI=1S/C16H19BrN2O/c1-19(15-5-3-4-6-16(15)20-2)12-11-18-14-9-7-13(17)8-10-14/h3-10,18H,11-12H2,1-2H3. The number of benzene rings is 2. The first-order valence-electron chi connectivity index (χ1n) is 6.54. The number of nitrogens with zero attached hydrogens (tertiary/aromatic N) is 1. The Hall–Kier alpha value is -1.68. The summed E-state index contributed by atoms with van der Waals surface area (Å²) in [6.45, 7) is 1.77. The van der Waals surface area contributed by atoms with Crippen LogP contribution in [0.3, 0.4) is 0 Å². The van der Waals surface area contributed by atoms with Gasteiger partial charge in [0.15, 0.2) is 0 Å². The highest BCUT2D eigenvalue weighted by atomic mass is 79.9. The third-order valence-electron chi connectivity index (χ3n) is 3.12. The molecule has 2 rings (SSSR count). The molecule has 0 radical (unpaired) electrons. The Labute approximate surface area is 128 Å². The zero-order valence-electron chi connectivity index (χ0n) is 11.8. The van der Waals surface area contributed by atoms with E-state index in [1.807, 2.05) is 30.3 Å². The van der Waals surface area contributed by atoms with Crippen LogP contribution in [0.25, 0.3) is 0 Å². The SMILES string of the molecule is COc1ccccc1N(C)CCNc1ccc(Br)cc1. The van der Waals surface area contributed by atoms with Gasteiger partial charge in [-0.05, 0) is 36.4 Å². The van der Waals surface area contributed by atoms with Crippen molar-refractivity contribution in [1.82, 2.24) is 0 Å². The van der Waals surface area contributed by atoms with Crippen molar-refractivity contribution in [2.24, 2.45) is 0 Å². The first kappa shape index (κ1) is 14.7. The van der Waals surface area contributed by atoms with Crippen molar-refractivity contribution in [2.45, 2.75) is 0 Å². The van der Waals surface area contributed by atoms with E-state index in [2.05, 4.69) is 51.4 Å². The van der Waals surface area contributed by atoms with Crippen LogP contribution in [0, 0.1) is 0 Å². The highest BCUT2D eigenvalue weighted by molar-refractivity contribution is 9.10. The van der Waals surface area contributed by atoms with E-state index in [1.165, 1.54) is 0 Å². The molecule has 0 aliphatic rings. The molecule has 1 N–H and O–H groups in total. The summed E-state index contributed by atoms with van der Waals surface area (Å²) in [4.78, 5) is 2.19. The minimum absolute atomic E-state index is 0.871. The normalized spacial score (nSPS) is 10.2. The van der Waals surface area contributed by atoms with Gasteiger partial charge in [-0.2, -0.15) is 0 Å². The molecule has 0 saturated heterocycles. The number of hydrogen-bond acceptors (Lipinski definition) is 3. The van der Waals surface area contributed by atoms with Gasteiger partial charge in [0.2, 0.25) is 0 Å². The summed E-state index contributed by atoms with van der Waals surface area (Å²) < 4.78 is 6.47. The predicted molar refractivity (Wildman–Crippen MR) is 88.9 cm³/mol. The van der Waals surface area contributed by atoms with Crippen LogP contribution in [0.5, 0.6) is 5.75 Å². The molecule has 0 fully saturated rings. The zero-order chi connectivity index (χ0) is 14.4. The first-order valence-corrected chi connectivity index (χ1v) is 7.33. The topological polar surface area (TPSA) is 24.5 Å². The van der Waals surface area contributed by atoms with E-state index in [9.17, 15) is 0 Å². The smallest absolute Gasteiger partial charge is 0.142 e. The Bertz CT molecular complexity index is 542. The fraction of sp³-hybridized carbons (Fsp3) is 0.250. The van der Waals surface area contributed by atoms with Gasteiger partial charge >= 0.3 is 0 Å². The van der Waals surface area contributed by atoms with Gasteiger partial charge in [-0.3, -0.25) is 0 Å². The van der Waals surface area contributed by atoms with Crippen molar-refractivity contribution < 1.29 is 4.74 Å². The van der Waals surface area contributed by atoms with Gasteiger partial charge in [0.1, 0.15) is 5.75 Å². The molecule has 0 bridgehead atoms. The number of nitrogens with one attached hydrogen (secondary N) is 1. The summed E-state index contributed by atoms with van der Waals surface area (Å²) in [6, 6.07) is 16.2. The van der Waals surface area contributed by atoms with Crippen LogP contribution in [0.2, 0.25) is 0 Å². The van der Waals surface area contributed by atoms with E-state index in [0.717, 1.165) is 34.7 Å². The van der Waals surface area contributed by atoms with Gasteiger partial charge in [0, 0.05) is 30.3 Å². The molecule has 0 unspecified atom stereocenters. The fourth-order valence-electron chi connectivity index (χ4n) is 2.00. The maximum Gasteiger partial charge on any atom is 0.142 e. The number of hydrogen-bond donors (Lipinski definition) is 1. The molecular weight excluding hydrogens is 316 g/mol. The van der Waals surface area contributed by atoms with Crippen LogP contribution in [0.1, 0.15) is 0 Å². The third-order valence-corrected chi connectivity index (χ3v) is 3.65. The summed E-state index contributed by atoms with van der Waals surface area (Å²) in [5, 5.41) is 3.41.